The van der Waals surface area contributed by atoms with Gasteiger partial charge in [0.1, 0.15) is 5.52 Å². The summed E-state index contributed by atoms with van der Waals surface area (Å²) in [5.41, 5.74) is 7.14. The Balaban J connectivity index is 1.41. The average Bonchev–Trinajstić information content (AvgIpc) is 3.52. The number of ether oxygens (including phenoxy) is 1. The summed E-state index contributed by atoms with van der Waals surface area (Å²) in [4.78, 5) is 35.4. The second kappa shape index (κ2) is 8.50. The first-order valence-corrected chi connectivity index (χ1v) is 11.7. The van der Waals surface area contributed by atoms with Crippen LogP contribution >= 0.6 is 0 Å². The van der Waals surface area contributed by atoms with Gasteiger partial charge in [-0.15, -0.1) is 0 Å². The average molecular weight is 468 g/mol. The van der Waals surface area contributed by atoms with Crippen molar-refractivity contribution in [3.63, 3.8) is 0 Å². The van der Waals surface area contributed by atoms with E-state index in [1.807, 2.05) is 35.6 Å². The number of carbonyl (C=O) groups is 1. The van der Waals surface area contributed by atoms with Crippen LogP contribution in [0.5, 0.6) is 5.88 Å². The normalized spacial score (nSPS) is 16.2. The summed E-state index contributed by atoms with van der Waals surface area (Å²) in [5.74, 6) is 0.656. The highest BCUT2D eigenvalue weighted by Crippen LogP contribution is 2.32. The molecule has 0 saturated carbocycles. The molecular formula is C26H25N7O2. The largest absolute Gasteiger partial charge is 0.481 e. The Morgan fingerprint density at radius 1 is 1.14 bits per heavy atom. The number of fused-ring (bicyclic) bond motifs is 2. The molecule has 1 atom stereocenters. The molecule has 1 aliphatic heterocycles. The molecule has 1 aliphatic rings. The van der Waals surface area contributed by atoms with Crippen molar-refractivity contribution in [1.29, 1.82) is 0 Å². The maximum atomic E-state index is 12.0. The zero-order chi connectivity index (χ0) is 23.9. The molecule has 9 nitrogen and oxygen atoms in total. The number of H-pyrrole nitrogens is 1. The van der Waals surface area contributed by atoms with Crippen LogP contribution < -0.4 is 4.74 Å². The number of likely N-dealkylation sites (tertiary alicyclic amines) is 1. The number of nitrogens with zero attached hydrogens (tertiary/aromatic N) is 6. The number of imidazole rings is 1. The molecule has 1 aromatic carbocycles. The number of amides is 1. The minimum atomic E-state index is 0.125. The minimum absolute atomic E-state index is 0.125. The smallest absolute Gasteiger partial charge is 0.219 e. The number of pyridine rings is 1. The van der Waals surface area contributed by atoms with Crippen molar-refractivity contribution >= 4 is 28.1 Å². The Bertz CT molecular complexity index is 1550. The van der Waals surface area contributed by atoms with Crippen molar-refractivity contribution in [3.05, 3.63) is 55.2 Å². The lowest BCUT2D eigenvalue weighted by Gasteiger charge is -2.33. The fourth-order valence-corrected chi connectivity index (χ4v) is 4.88. The topological polar surface area (TPSA) is 102 Å². The van der Waals surface area contributed by atoms with E-state index < -0.39 is 0 Å². The van der Waals surface area contributed by atoms with E-state index in [4.69, 9.17) is 9.72 Å². The number of carbonyl (C=O) groups excluding carboxylic acids is 1. The number of aromatic amines is 1. The monoisotopic (exact) mass is 467 g/mol. The molecule has 6 rings (SSSR count). The highest BCUT2D eigenvalue weighted by molar-refractivity contribution is 5.94. The predicted molar refractivity (Wildman–Crippen MR) is 133 cm³/mol. The Hall–Kier alpha value is -4.27. The summed E-state index contributed by atoms with van der Waals surface area (Å²) in [5, 5.41) is 0. The van der Waals surface area contributed by atoms with Crippen LogP contribution in [0, 0.1) is 0 Å². The maximum Gasteiger partial charge on any atom is 0.219 e. The van der Waals surface area contributed by atoms with Gasteiger partial charge in [0.2, 0.25) is 11.8 Å². The van der Waals surface area contributed by atoms with Crippen LogP contribution in [0.15, 0.2) is 55.2 Å². The zero-order valence-corrected chi connectivity index (χ0v) is 19.6. The first kappa shape index (κ1) is 21.3. The van der Waals surface area contributed by atoms with E-state index in [2.05, 4.69) is 36.6 Å². The number of hydrogen-bond acceptors (Lipinski definition) is 6. The van der Waals surface area contributed by atoms with Crippen molar-refractivity contribution in [3.8, 4) is 28.3 Å². The first-order valence-electron chi connectivity index (χ1n) is 11.7. The van der Waals surface area contributed by atoms with E-state index in [1.165, 1.54) is 0 Å². The fourth-order valence-electron chi connectivity index (χ4n) is 4.88. The zero-order valence-electron chi connectivity index (χ0n) is 19.6. The number of rotatable bonds is 4. The van der Waals surface area contributed by atoms with Crippen LogP contribution in [0.3, 0.4) is 0 Å². The highest BCUT2D eigenvalue weighted by Gasteiger charge is 2.24. The third-order valence-electron chi connectivity index (χ3n) is 6.74. The van der Waals surface area contributed by atoms with E-state index in [0.29, 0.717) is 12.4 Å². The Labute approximate surface area is 201 Å². The lowest BCUT2D eigenvalue weighted by atomic mass is 10.0. The quantitative estimate of drug-likeness (QED) is 0.424. The van der Waals surface area contributed by atoms with Crippen LogP contribution in [0.1, 0.15) is 25.8 Å². The highest BCUT2D eigenvalue weighted by atomic mass is 16.5. The van der Waals surface area contributed by atoms with Crippen LogP contribution in [-0.2, 0) is 4.79 Å². The van der Waals surface area contributed by atoms with Gasteiger partial charge in [-0.1, -0.05) is 6.07 Å². The standard InChI is InChI=1S/C26H25N7O2/c1-16(34)32-9-3-4-19(14-32)33-15-30-21-6-5-17(10-23(21)33)20-12-28-26-25(20)31-22(13-29-26)18-7-8-27-24(11-18)35-2/h5-8,10-13,15,19H,3-4,9,14H2,1-2H3,(H,28,29). The fraction of sp³-hybridized carbons (Fsp3) is 0.269. The number of methoxy groups -OCH3 is 1. The SMILES string of the molecule is COc1cc(-c2cnc3[nH]cc(-c4ccc5ncn(C6CCCN(C(C)=O)C6)c5c4)c3n2)ccn1. The maximum absolute atomic E-state index is 12.0. The second-order valence-electron chi connectivity index (χ2n) is 8.86. The summed E-state index contributed by atoms with van der Waals surface area (Å²) >= 11 is 0. The molecule has 1 fully saturated rings. The molecule has 4 aromatic heterocycles. The van der Waals surface area contributed by atoms with Crippen molar-refractivity contribution in [2.45, 2.75) is 25.8 Å². The molecule has 5 aromatic rings. The summed E-state index contributed by atoms with van der Waals surface area (Å²) < 4.78 is 7.47. The van der Waals surface area contributed by atoms with Gasteiger partial charge in [-0.25, -0.2) is 19.9 Å². The van der Waals surface area contributed by atoms with E-state index >= 15 is 0 Å². The van der Waals surface area contributed by atoms with Crippen molar-refractivity contribution in [1.82, 2.24) is 34.4 Å². The third-order valence-corrected chi connectivity index (χ3v) is 6.74. The van der Waals surface area contributed by atoms with Crippen LogP contribution in [0.25, 0.3) is 44.6 Å². The molecule has 0 bridgehead atoms. The molecule has 35 heavy (non-hydrogen) atoms. The van der Waals surface area contributed by atoms with Gasteiger partial charge in [0.15, 0.2) is 5.65 Å². The summed E-state index contributed by atoms with van der Waals surface area (Å²) in [6, 6.07) is 10.2. The van der Waals surface area contributed by atoms with Gasteiger partial charge in [-0.3, -0.25) is 4.79 Å². The Morgan fingerprint density at radius 2 is 2.06 bits per heavy atom. The molecule has 0 radical (unpaired) electrons. The molecule has 0 aliphatic carbocycles. The molecule has 176 valence electrons. The molecule has 9 heteroatoms. The third kappa shape index (κ3) is 3.78. The van der Waals surface area contributed by atoms with Crippen LogP contribution in [0.4, 0.5) is 0 Å². The van der Waals surface area contributed by atoms with Crippen molar-refractivity contribution < 1.29 is 9.53 Å². The summed E-state index contributed by atoms with van der Waals surface area (Å²) in [6.45, 7) is 3.17. The van der Waals surface area contributed by atoms with Gasteiger partial charge < -0.3 is 19.2 Å². The van der Waals surface area contributed by atoms with Gasteiger partial charge in [-0.05, 0) is 36.6 Å². The number of benzene rings is 1. The summed E-state index contributed by atoms with van der Waals surface area (Å²) in [7, 11) is 1.59. The van der Waals surface area contributed by atoms with Gasteiger partial charge >= 0.3 is 0 Å². The molecule has 0 spiro atoms. The van der Waals surface area contributed by atoms with Gasteiger partial charge in [0.05, 0.1) is 42.4 Å². The molecule has 1 unspecified atom stereocenters. The number of aromatic nitrogens is 6. The Morgan fingerprint density at radius 3 is 2.91 bits per heavy atom. The molecular weight excluding hydrogens is 442 g/mol. The number of piperidine rings is 1. The van der Waals surface area contributed by atoms with Crippen molar-refractivity contribution in [2.24, 2.45) is 0 Å². The lowest BCUT2D eigenvalue weighted by Crippen LogP contribution is -2.39. The number of hydrogen-bond donors (Lipinski definition) is 1. The van der Waals surface area contributed by atoms with Crippen LogP contribution in [0.2, 0.25) is 0 Å². The molecule has 1 N–H and O–H groups in total. The predicted octanol–water partition coefficient (Wildman–Crippen LogP) is 4.23. The Kier molecular flexibility index (Phi) is 5.17. The van der Waals surface area contributed by atoms with Gasteiger partial charge in [0.25, 0.3) is 0 Å². The van der Waals surface area contributed by atoms with Gasteiger partial charge in [0, 0.05) is 49.6 Å². The van der Waals surface area contributed by atoms with E-state index in [0.717, 1.165) is 64.0 Å². The lowest BCUT2D eigenvalue weighted by molar-refractivity contribution is -0.130. The molecule has 1 saturated heterocycles. The van der Waals surface area contributed by atoms with E-state index in [1.54, 1.807) is 26.4 Å². The first-order chi connectivity index (χ1) is 17.1. The second-order valence-corrected chi connectivity index (χ2v) is 8.86. The number of nitrogens with one attached hydrogen (secondary N) is 1. The van der Waals surface area contributed by atoms with Crippen molar-refractivity contribution in [2.75, 3.05) is 20.2 Å². The minimum Gasteiger partial charge on any atom is -0.481 e. The van der Waals surface area contributed by atoms with Crippen LogP contribution in [-0.4, -0.2) is 60.5 Å². The summed E-state index contributed by atoms with van der Waals surface area (Å²) in [6.07, 6.45) is 9.31. The van der Waals surface area contributed by atoms with E-state index in [-0.39, 0.29) is 11.9 Å². The molecule has 1 amide bonds. The van der Waals surface area contributed by atoms with E-state index in [9.17, 15) is 4.79 Å². The molecule has 5 heterocycles. The van der Waals surface area contributed by atoms with Gasteiger partial charge in [-0.2, -0.15) is 0 Å².